The maximum Gasteiger partial charge on any atom is 0.333 e. The van der Waals surface area contributed by atoms with E-state index >= 15 is 0 Å². The first-order valence-electron chi connectivity index (χ1n) is 9.81. The Kier molecular flexibility index (Phi) is 3.45. The second kappa shape index (κ2) is 6.04. The average molecular weight is 382 g/mol. The summed E-state index contributed by atoms with van der Waals surface area (Å²) in [5, 5.41) is 9.21. The summed E-state index contributed by atoms with van der Waals surface area (Å²) in [6.07, 6.45) is 6.64. The van der Waals surface area contributed by atoms with Crippen molar-refractivity contribution in [3.05, 3.63) is 71.6 Å². The summed E-state index contributed by atoms with van der Waals surface area (Å²) in [7, 11) is 1.45. The molecule has 6 rings (SSSR count). The first kappa shape index (κ1) is 16.5. The number of rotatable bonds is 3. The van der Waals surface area contributed by atoms with Crippen molar-refractivity contribution in [1.29, 1.82) is 0 Å². The number of carbonyl (C=O) groups excluding carboxylic acids is 1. The van der Waals surface area contributed by atoms with Crippen molar-refractivity contribution in [2.24, 2.45) is 11.8 Å². The number of allylic oxidation sites excluding steroid dienone is 1. The second-order valence-corrected chi connectivity index (χ2v) is 7.82. The highest BCUT2D eigenvalue weighted by atomic mass is 16.5. The Bertz CT molecular complexity index is 1160. The zero-order valence-electron chi connectivity index (χ0n) is 15.8. The van der Waals surface area contributed by atoms with Gasteiger partial charge in [-0.25, -0.2) is 4.79 Å². The minimum Gasteiger partial charge on any atom is -0.466 e. The highest BCUT2D eigenvalue weighted by Gasteiger charge is 2.59. The number of nitrogens with zero attached hydrogens (tertiary/aromatic N) is 4. The van der Waals surface area contributed by atoms with E-state index in [1.807, 2.05) is 36.4 Å². The molecule has 2 bridgehead atoms. The molecule has 4 atom stereocenters. The molecule has 6 heteroatoms. The molecule has 0 saturated heterocycles. The van der Waals surface area contributed by atoms with E-state index in [1.165, 1.54) is 18.2 Å². The van der Waals surface area contributed by atoms with Crippen LogP contribution in [0.1, 0.15) is 29.4 Å². The van der Waals surface area contributed by atoms with Gasteiger partial charge in [-0.1, -0.05) is 18.2 Å². The third kappa shape index (κ3) is 2.20. The molecule has 6 nitrogen and oxygen atoms in total. The standard InChI is InChI=1S/C23H18N4O2/c1-29-23(28)15-11-12-13-10-14(18(12)15)20-19(13)21(16-6-2-4-8-24-16)26-27-22(20)17-7-3-5-9-25-17/h2-9,11-14,18H,10H2,1H3/t12-,13-,14+,18-/m1/s1. The van der Waals surface area contributed by atoms with Crippen LogP contribution >= 0.6 is 0 Å². The van der Waals surface area contributed by atoms with Crippen LogP contribution in [0.25, 0.3) is 22.8 Å². The van der Waals surface area contributed by atoms with Crippen molar-refractivity contribution in [3.8, 4) is 22.8 Å². The number of carbonyl (C=O) groups is 1. The van der Waals surface area contributed by atoms with Crippen LogP contribution in [0, 0.1) is 11.8 Å². The summed E-state index contributed by atoms with van der Waals surface area (Å²) in [6, 6.07) is 11.7. The van der Waals surface area contributed by atoms with Gasteiger partial charge < -0.3 is 4.74 Å². The fourth-order valence-corrected chi connectivity index (χ4v) is 5.47. The van der Waals surface area contributed by atoms with E-state index in [1.54, 1.807) is 12.4 Å². The number of esters is 1. The number of methoxy groups -OCH3 is 1. The van der Waals surface area contributed by atoms with Gasteiger partial charge in [0.1, 0.15) is 11.4 Å². The third-order valence-corrected chi connectivity index (χ3v) is 6.58. The Balaban J connectivity index is 1.56. The van der Waals surface area contributed by atoms with Crippen molar-refractivity contribution in [3.63, 3.8) is 0 Å². The summed E-state index contributed by atoms with van der Waals surface area (Å²) in [5.74, 6) is 0.886. The Morgan fingerprint density at radius 2 is 1.55 bits per heavy atom. The molecule has 0 N–H and O–H groups in total. The monoisotopic (exact) mass is 382 g/mol. The third-order valence-electron chi connectivity index (χ3n) is 6.58. The van der Waals surface area contributed by atoms with Gasteiger partial charge in [0.15, 0.2) is 0 Å². The molecule has 0 unspecified atom stereocenters. The number of hydrogen-bond acceptors (Lipinski definition) is 6. The summed E-state index contributed by atoms with van der Waals surface area (Å²) in [4.78, 5) is 21.3. The van der Waals surface area contributed by atoms with E-state index in [0.29, 0.717) is 11.8 Å². The Morgan fingerprint density at radius 1 is 0.931 bits per heavy atom. The molecule has 0 radical (unpaired) electrons. The van der Waals surface area contributed by atoms with Gasteiger partial charge in [-0.05, 0) is 59.6 Å². The van der Waals surface area contributed by atoms with Crippen LogP contribution in [-0.2, 0) is 9.53 Å². The van der Waals surface area contributed by atoms with Gasteiger partial charge in [0.05, 0.1) is 18.5 Å². The molecule has 0 aliphatic heterocycles. The summed E-state index contributed by atoms with van der Waals surface area (Å²) < 4.78 is 5.01. The fourth-order valence-electron chi connectivity index (χ4n) is 5.47. The lowest BCUT2D eigenvalue weighted by atomic mass is 9.64. The van der Waals surface area contributed by atoms with Crippen molar-refractivity contribution in [2.75, 3.05) is 7.11 Å². The summed E-state index contributed by atoms with van der Waals surface area (Å²) in [5.41, 5.74) is 6.54. The van der Waals surface area contributed by atoms with Crippen LogP contribution in [0.3, 0.4) is 0 Å². The summed E-state index contributed by atoms with van der Waals surface area (Å²) >= 11 is 0. The predicted molar refractivity (Wildman–Crippen MR) is 106 cm³/mol. The van der Waals surface area contributed by atoms with Crippen LogP contribution in [0.2, 0.25) is 0 Å². The molecule has 3 heterocycles. The van der Waals surface area contributed by atoms with Gasteiger partial charge in [-0.3, -0.25) is 9.97 Å². The van der Waals surface area contributed by atoms with E-state index in [4.69, 9.17) is 4.74 Å². The van der Waals surface area contributed by atoms with Crippen molar-refractivity contribution >= 4 is 5.97 Å². The second-order valence-electron chi connectivity index (χ2n) is 7.82. The van der Waals surface area contributed by atoms with E-state index in [2.05, 4.69) is 26.2 Å². The Labute approximate surface area is 167 Å². The molecule has 3 aliphatic carbocycles. The number of aromatic nitrogens is 4. The van der Waals surface area contributed by atoms with E-state index in [0.717, 1.165) is 34.8 Å². The molecule has 0 aromatic carbocycles. The van der Waals surface area contributed by atoms with Crippen molar-refractivity contribution in [2.45, 2.75) is 18.3 Å². The average Bonchev–Trinajstić information content (AvgIpc) is 3.26. The lowest BCUT2D eigenvalue weighted by Crippen LogP contribution is -2.35. The molecular weight excluding hydrogens is 364 g/mol. The molecule has 3 aliphatic rings. The van der Waals surface area contributed by atoms with Gasteiger partial charge >= 0.3 is 5.97 Å². The van der Waals surface area contributed by atoms with Crippen molar-refractivity contribution < 1.29 is 9.53 Å². The zero-order valence-corrected chi connectivity index (χ0v) is 15.8. The normalized spacial score (nSPS) is 25.6. The van der Waals surface area contributed by atoms with Gasteiger partial charge in [0.2, 0.25) is 0 Å². The SMILES string of the molecule is COC(=O)C1=C[C@H]2[C@@H]1[C@@H]1C[C@H]2c2c(-c3ccccn3)nnc(-c3ccccn3)c21. The number of hydrogen-bond donors (Lipinski definition) is 0. The van der Waals surface area contributed by atoms with Gasteiger partial charge in [-0.15, -0.1) is 10.2 Å². The highest BCUT2D eigenvalue weighted by Crippen LogP contribution is 2.68. The lowest BCUT2D eigenvalue weighted by Gasteiger charge is -2.39. The minimum absolute atomic E-state index is 0.197. The summed E-state index contributed by atoms with van der Waals surface area (Å²) in [6.45, 7) is 0. The molecular formula is C23H18N4O2. The molecule has 1 fully saturated rings. The van der Waals surface area contributed by atoms with Crippen LogP contribution in [0.4, 0.5) is 0 Å². The predicted octanol–water partition coefficient (Wildman–Crippen LogP) is 3.53. The Hall–Kier alpha value is -3.41. The van der Waals surface area contributed by atoms with E-state index < -0.39 is 0 Å². The van der Waals surface area contributed by atoms with Crippen LogP contribution in [0.15, 0.2) is 60.4 Å². The van der Waals surface area contributed by atoms with E-state index in [9.17, 15) is 4.79 Å². The fraction of sp³-hybridized carbons (Fsp3) is 0.261. The smallest absolute Gasteiger partial charge is 0.333 e. The number of fused-ring (bicyclic) bond motifs is 8. The van der Waals surface area contributed by atoms with Crippen LogP contribution < -0.4 is 0 Å². The minimum atomic E-state index is -0.216. The first-order chi connectivity index (χ1) is 14.3. The first-order valence-corrected chi connectivity index (χ1v) is 9.81. The van der Waals surface area contributed by atoms with Gasteiger partial charge in [-0.2, -0.15) is 0 Å². The van der Waals surface area contributed by atoms with Crippen molar-refractivity contribution in [1.82, 2.24) is 20.2 Å². The number of pyridine rings is 2. The lowest BCUT2D eigenvalue weighted by molar-refractivity contribution is -0.137. The maximum absolute atomic E-state index is 12.2. The van der Waals surface area contributed by atoms with Gasteiger partial charge in [0, 0.05) is 23.9 Å². The van der Waals surface area contributed by atoms with Crippen LogP contribution in [0.5, 0.6) is 0 Å². The molecule has 142 valence electrons. The molecule has 29 heavy (non-hydrogen) atoms. The maximum atomic E-state index is 12.2. The quantitative estimate of drug-likeness (QED) is 0.645. The van der Waals surface area contributed by atoms with Gasteiger partial charge in [0.25, 0.3) is 0 Å². The molecule has 3 aromatic heterocycles. The zero-order chi connectivity index (χ0) is 19.5. The van der Waals surface area contributed by atoms with E-state index in [-0.39, 0.29) is 17.8 Å². The highest BCUT2D eigenvalue weighted by molar-refractivity contribution is 5.92. The Morgan fingerprint density at radius 3 is 2.10 bits per heavy atom. The largest absolute Gasteiger partial charge is 0.466 e. The number of ether oxygens (including phenoxy) is 1. The molecule has 1 saturated carbocycles. The topological polar surface area (TPSA) is 77.9 Å². The molecule has 0 amide bonds. The van der Waals surface area contributed by atoms with Crippen LogP contribution in [-0.4, -0.2) is 33.2 Å². The molecule has 3 aromatic rings. The molecule has 0 spiro atoms.